The van der Waals surface area contributed by atoms with Crippen molar-refractivity contribution in [3.63, 3.8) is 0 Å². The Labute approximate surface area is 112 Å². The molecule has 0 amide bonds. The molecule has 2 heterocycles. The predicted octanol–water partition coefficient (Wildman–Crippen LogP) is 3.74. The maximum Gasteiger partial charge on any atom is 0.0259 e. The van der Waals surface area contributed by atoms with Crippen LogP contribution in [0.5, 0.6) is 0 Å². The summed E-state index contributed by atoms with van der Waals surface area (Å²) in [6.07, 6.45) is 10.0. The summed E-state index contributed by atoms with van der Waals surface area (Å²) in [5, 5.41) is 3.46. The van der Waals surface area contributed by atoms with Gasteiger partial charge in [0.1, 0.15) is 0 Å². The van der Waals surface area contributed by atoms with Crippen molar-refractivity contribution in [3.8, 4) is 0 Å². The Morgan fingerprint density at radius 3 is 2.29 bits per heavy atom. The number of hydrogen-bond acceptors (Lipinski definition) is 1. The second-order valence-electron chi connectivity index (χ2n) is 5.00. The molecule has 2 atom stereocenters. The Hall–Kier alpha value is 0.430. The smallest absolute Gasteiger partial charge is 0.0259 e. The molecule has 92 valence electrons. The van der Waals surface area contributed by atoms with E-state index in [0.717, 1.165) is 0 Å². The minimum atomic E-state index is 0.0421. The van der Waals surface area contributed by atoms with Crippen LogP contribution < -0.4 is 10.6 Å². The lowest BCUT2D eigenvalue weighted by atomic mass is 10.4. The van der Waals surface area contributed by atoms with E-state index in [1.807, 2.05) is 0 Å². The zero-order valence-corrected chi connectivity index (χ0v) is 12.9. The lowest BCUT2D eigenvalue weighted by Gasteiger charge is -2.22. The summed E-state index contributed by atoms with van der Waals surface area (Å²) in [6, 6.07) is 9.33. The van der Waals surface area contributed by atoms with Gasteiger partial charge in [0.25, 0.3) is 0 Å². The largest absolute Gasteiger partial charge is 0.171 e. The van der Waals surface area contributed by atoms with Crippen LogP contribution in [0.1, 0.15) is 25.7 Å². The molecular formula is C14H20P2S. The van der Waals surface area contributed by atoms with Gasteiger partial charge in [-0.05, 0) is 54.8 Å². The quantitative estimate of drug-likeness (QED) is 0.620. The van der Waals surface area contributed by atoms with Gasteiger partial charge in [0.2, 0.25) is 0 Å². The molecule has 0 bridgehead atoms. The van der Waals surface area contributed by atoms with Gasteiger partial charge in [0, 0.05) is 4.99 Å². The van der Waals surface area contributed by atoms with Crippen molar-refractivity contribution in [3.05, 3.63) is 24.3 Å². The predicted molar refractivity (Wildman–Crippen MR) is 85.4 cm³/mol. The normalized spacial score (nSPS) is 29.9. The van der Waals surface area contributed by atoms with Crippen LogP contribution >= 0.6 is 28.5 Å². The third kappa shape index (κ3) is 2.58. The van der Waals surface area contributed by atoms with E-state index >= 15 is 0 Å². The highest BCUT2D eigenvalue weighted by Crippen LogP contribution is 2.52. The van der Waals surface area contributed by atoms with E-state index in [1.54, 1.807) is 10.6 Å². The summed E-state index contributed by atoms with van der Waals surface area (Å²) < 4.78 is 0. The average Bonchev–Trinajstić information content (AvgIpc) is 3.00. The molecule has 1 aromatic carbocycles. The molecule has 0 N–H and O–H groups in total. The van der Waals surface area contributed by atoms with E-state index in [-0.39, 0.29) is 15.8 Å². The van der Waals surface area contributed by atoms with Crippen molar-refractivity contribution in [2.45, 2.75) is 30.7 Å². The van der Waals surface area contributed by atoms with Gasteiger partial charge in [-0.1, -0.05) is 40.1 Å². The van der Waals surface area contributed by atoms with Crippen LogP contribution in [-0.2, 0) is 0 Å². The molecular weight excluding hydrogens is 262 g/mol. The standard InChI is InChI=1S/C14H20P2S/c17-14-8-5-11-16(14)13-7-2-1-6-12(13)15-9-3-4-10-15/h1-2,6-7,14,17H,3-5,8-11H2. The molecule has 0 radical (unpaired) electrons. The molecule has 2 saturated heterocycles. The zero-order chi connectivity index (χ0) is 11.7. The molecule has 2 aliphatic rings. The Bertz CT molecular complexity index is 388. The molecule has 3 heteroatoms. The molecule has 1 aromatic rings. The second-order valence-corrected chi connectivity index (χ2v) is 11.0. The first-order valence-corrected chi connectivity index (χ1v) is 10.5. The lowest BCUT2D eigenvalue weighted by Crippen LogP contribution is -2.23. The third-order valence-electron chi connectivity index (χ3n) is 3.86. The van der Waals surface area contributed by atoms with Crippen LogP contribution in [0.25, 0.3) is 0 Å². The highest BCUT2D eigenvalue weighted by molar-refractivity contribution is 7.93. The molecule has 0 saturated carbocycles. The van der Waals surface area contributed by atoms with Crippen LogP contribution in [0, 0.1) is 0 Å². The fourth-order valence-electron chi connectivity index (χ4n) is 2.96. The van der Waals surface area contributed by atoms with Crippen molar-refractivity contribution in [2.75, 3.05) is 18.5 Å². The molecule has 0 aromatic heterocycles. The van der Waals surface area contributed by atoms with E-state index in [9.17, 15) is 0 Å². The van der Waals surface area contributed by atoms with Crippen molar-refractivity contribution in [1.29, 1.82) is 0 Å². The monoisotopic (exact) mass is 282 g/mol. The van der Waals surface area contributed by atoms with Crippen molar-refractivity contribution in [1.82, 2.24) is 0 Å². The molecule has 2 aliphatic heterocycles. The van der Waals surface area contributed by atoms with E-state index in [1.165, 1.54) is 44.2 Å². The van der Waals surface area contributed by atoms with Gasteiger partial charge in [-0.25, -0.2) is 0 Å². The first-order valence-electron chi connectivity index (χ1n) is 6.65. The molecule has 0 nitrogen and oxygen atoms in total. The Morgan fingerprint density at radius 2 is 1.65 bits per heavy atom. The van der Waals surface area contributed by atoms with Crippen LogP contribution in [-0.4, -0.2) is 23.5 Å². The van der Waals surface area contributed by atoms with Crippen LogP contribution in [0.3, 0.4) is 0 Å². The number of hydrogen-bond donors (Lipinski definition) is 1. The van der Waals surface area contributed by atoms with Crippen molar-refractivity contribution in [2.24, 2.45) is 0 Å². The highest BCUT2D eigenvalue weighted by Gasteiger charge is 2.29. The van der Waals surface area contributed by atoms with Gasteiger partial charge in [0.05, 0.1) is 0 Å². The van der Waals surface area contributed by atoms with E-state index in [4.69, 9.17) is 12.6 Å². The first kappa shape index (κ1) is 12.5. The van der Waals surface area contributed by atoms with Gasteiger partial charge in [-0.3, -0.25) is 0 Å². The van der Waals surface area contributed by atoms with Crippen molar-refractivity contribution < 1.29 is 0 Å². The fraction of sp³-hybridized carbons (Fsp3) is 0.571. The topological polar surface area (TPSA) is 0 Å². The summed E-state index contributed by atoms with van der Waals surface area (Å²) in [4.78, 5) is 0.670. The number of benzene rings is 1. The average molecular weight is 282 g/mol. The van der Waals surface area contributed by atoms with Crippen LogP contribution in [0.4, 0.5) is 0 Å². The fourth-order valence-corrected chi connectivity index (χ4v) is 9.81. The Balaban J connectivity index is 1.92. The van der Waals surface area contributed by atoms with Crippen molar-refractivity contribution >= 4 is 39.1 Å². The summed E-state index contributed by atoms with van der Waals surface area (Å²) in [5.41, 5.74) is 0. The Morgan fingerprint density at radius 1 is 0.941 bits per heavy atom. The van der Waals surface area contributed by atoms with E-state index in [0.29, 0.717) is 4.99 Å². The molecule has 0 aliphatic carbocycles. The summed E-state index contributed by atoms with van der Waals surface area (Å²) in [5.74, 6) is 0. The minimum Gasteiger partial charge on any atom is -0.171 e. The van der Waals surface area contributed by atoms with Gasteiger partial charge >= 0.3 is 0 Å². The third-order valence-corrected chi connectivity index (χ3v) is 10.7. The SMILES string of the molecule is SC1CCCP1c1ccccc1P1CCCC1. The lowest BCUT2D eigenvalue weighted by molar-refractivity contribution is 0.927. The first-order chi connectivity index (χ1) is 8.36. The Kier molecular flexibility index (Phi) is 4.11. The number of rotatable bonds is 2. The van der Waals surface area contributed by atoms with Crippen LogP contribution in [0.15, 0.2) is 24.3 Å². The molecule has 0 spiro atoms. The van der Waals surface area contributed by atoms with Crippen LogP contribution in [0.2, 0.25) is 0 Å². The molecule has 2 unspecified atom stereocenters. The molecule has 17 heavy (non-hydrogen) atoms. The van der Waals surface area contributed by atoms with Gasteiger partial charge in [-0.2, -0.15) is 12.6 Å². The highest BCUT2D eigenvalue weighted by atomic mass is 32.1. The zero-order valence-electron chi connectivity index (χ0n) is 10.2. The maximum atomic E-state index is 4.82. The summed E-state index contributed by atoms with van der Waals surface area (Å²) in [7, 11) is 0.228. The minimum absolute atomic E-state index is 0.0421. The molecule has 2 fully saturated rings. The van der Waals surface area contributed by atoms with Gasteiger partial charge in [-0.15, -0.1) is 0 Å². The van der Waals surface area contributed by atoms with Gasteiger partial charge in [0.15, 0.2) is 0 Å². The maximum absolute atomic E-state index is 4.82. The summed E-state index contributed by atoms with van der Waals surface area (Å²) in [6.45, 7) is 0. The van der Waals surface area contributed by atoms with E-state index in [2.05, 4.69) is 24.3 Å². The number of thiol groups is 1. The van der Waals surface area contributed by atoms with Gasteiger partial charge < -0.3 is 0 Å². The second kappa shape index (κ2) is 5.60. The van der Waals surface area contributed by atoms with E-state index < -0.39 is 0 Å². The molecule has 3 rings (SSSR count). The summed E-state index contributed by atoms with van der Waals surface area (Å²) >= 11 is 4.82.